The summed E-state index contributed by atoms with van der Waals surface area (Å²) in [6, 6.07) is 13.1. The van der Waals surface area contributed by atoms with Gasteiger partial charge in [0, 0.05) is 25.4 Å². The van der Waals surface area contributed by atoms with E-state index in [9.17, 15) is 9.59 Å². The van der Waals surface area contributed by atoms with Crippen molar-refractivity contribution < 1.29 is 14.7 Å². The zero-order valence-corrected chi connectivity index (χ0v) is 15.5. The monoisotopic (exact) mass is 366 g/mol. The van der Waals surface area contributed by atoms with E-state index < -0.39 is 11.9 Å². The second-order valence-electron chi connectivity index (χ2n) is 6.61. The molecule has 0 radical (unpaired) electrons. The Hall–Kier alpha value is -3.35. The quantitative estimate of drug-likeness (QED) is 0.724. The fourth-order valence-corrected chi connectivity index (χ4v) is 2.89. The molecule has 7 nitrogen and oxygen atoms in total. The van der Waals surface area contributed by atoms with Crippen molar-refractivity contribution in [2.45, 2.75) is 13.8 Å². The molecule has 1 aromatic carbocycles. The lowest BCUT2D eigenvalue weighted by atomic mass is 10.1. The van der Waals surface area contributed by atoms with Gasteiger partial charge in [-0.25, -0.2) is 9.78 Å². The number of carbonyl (C=O) groups is 2. The third-order valence-electron chi connectivity index (χ3n) is 4.43. The van der Waals surface area contributed by atoms with Crippen LogP contribution in [-0.4, -0.2) is 45.0 Å². The van der Waals surface area contributed by atoms with Crippen LogP contribution in [0.1, 0.15) is 12.5 Å². The Morgan fingerprint density at radius 1 is 1.22 bits per heavy atom. The molecule has 0 aliphatic heterocycles. The first-order valence-corrected chi connectivity index (χ1v) is 8.66. The van der Waals surface area contributed by atoms with Gasteiger partial charge < -0.3 is 10.0 Å². The summed E-state index contributed by atoms with van der Waals surface area (Å²) in [6.07, 6.45) is 1.84. The van der Waals surface area contributed by atoms with Crippen molar-refractivity contribution in [1.29, 1.82) is 0 Å². The highest BCUT2D eigenvalue weighted by atomic mass is 16.4. The molecule has 0 aliphatic carbocycles. The largest absolute Gasteiger partial charge is 0.481 e. The standard InChI is InChI=1S/C20H22N4O3/c1-13-8-7-11-24-17(13)21-16(15-9-5-4-6-10-15)18(24)22-20(27)23(3)12-14(2)19(25)26/h4-11,14H,12H2,1-3H3,(H,22,27)(H,25,26). The molecule has 0 spiro atoms. The second kappa shape index (κ2) is 7.49. The number of hydrogen-bond donors (Lipinski definition) is 2. The highest BCUT2D eigenvalue weighted by Crippen LogP contribution is 2.29. The summed E-state index contributed by atoms with van der Waals surface area (Å²) < 4.78 is 1.84. The Balaban J connectivity index is 1.99. The van der Waals surface area contributed by atoms with Crippen LogP contribution in [0.3, 0.4) is 0 Å². The predicted octanol–water partition coefficient (Wildman–Crippen LogP) is 3.49. The SMILES string of the molecule is Cc1cccn2c(NC(=O)N(C)CC(C)C(=O)O)c(-c3ccccc3)nc12. The number of nitrogens with one attached hydrogen (secondary N) is 1. The van der Waals surface area contributed by atoms with Crippen molar-refractivity contribution >= 4 is 23.5 Å². The number of urea groups is 1. The van der Waals surface area contributed by atoms with E-state index in [1.165, 1.54) is 4.90 Å². The van der Waals surface area contributed by atoms with E-state index in [2.05, 4.69) is 5.32 Å². The number of imidazole rings is 1. The fourth-order valence-electron chi connectivity index (χ4n) is 2.89. The van der Waals surface area contributed by atoms with Gasteiger partial charge in [0.05, 0.1) is 5.92 Å². The van der Waals surface area contributed by atoms with Crippen LogP contribution < -0.4 is 5.32 Å². The van der Waals surface area contributed by atoms with Gasteiger partial charge in [0.15, 0.2) is 0 Å². The lowest BCUT2D eigenvalue weighted by Gasteiger charge is -2.20. The summed E-state index contributed by atoms with van der Waals surface area (Å²) in [5.74, 6) is -1.04. The van der Waals surface area contributed by atoms with E-state index in [0.29, 0.717) is 11.5 Å². The van der Waals surface area contributed by atoms with E-state index in [-0.39, 0.29) is 12.6 Å². The number of carboxylic acids is 1. The Labute approximate surface area is 157 Å². The minimum atomic E-state index is -0.940. The molecule has 7 heteroatoms. The Bertz CT molecular complexity index is 982. The third kappa shape index (κ3) is 3.76. The zero-order valence-electron chi connectivity index (χ0n) is 15.5. The molecule has 0 fully saturated rings. The topological polar surface area (TPSA) is 86.9 Å². The number of aliphatic carboxylic acids is 1. The highest BCUT2D eigenvalue weighted by Gasteiger charge is 2.21. The Kier molecular flexibility index (Phi) is 5.12. The first kappa shape index (κ1) is 18.4. The van der Waals surface area contributed by atoms with Crippen LogP contribution in [0.4, 0.5) is 10.6 Å². The number of rotatable bonds is 5. The summed E-state index contributed by atoms with van der Waals surface area (Å²) in [5.41, 5.74) is 3.30. The third-order valence-corrected chi connectivity index (χ3v) is 4.43. The number of nitrogens with zero attached hydrogens (tertiary/aromatic N) is 3. The first-order chi connectivity index (χ1) is 12.9. The molecule has 140 valence electrons. The Morgan fingerprint density at radius 3 is 2.59 bits per heavy atom. The minimum Gasteiger partial charge on any atom is -0.481 e. The lowest BCUT2D eigenvalue weighted by molar-refractivity contribution is -0.141. The molecule has 0 bridgehead atoms. The van der Waals surface area contributed by atoms with Crippen LogP contribution in [0.15, 0.2) is 48.7 Å². The van der Waals surface area contributed by atoms with Crippen LogP contribution in [0.2, 0.25) is 0 Å². The molecule has 0 aliphatic rings. The van der Waals surface area contributed by atoms with Crippen molar-refractivity contribution in [3.8, 4) is 11.3 Å². The summed E-state index contributed by atoms with van der Waals surface area (Å²) in [7, 11) is 1.57. The maximum atomic E-state index is 12.7. The van der Waals surface area contributed by atoms with Gasteiger partial charge in [0.2, 0.25) is 0 Å². The summed E-state index contributed by atoms with van der Waals surface area (Å²) in [4.78, 5) is 29.8. The molecule has 1 atom stereocenters. The van der Waals surface area contributed by atoms with Crippen molar-refractivity contribution in [1.82, 2.24) is 14.3 Å². The maximum Gasteiger partial charge on any atom is 0.322 e. The number of hydrogen-bond acceptors (Lipinski definition) is 3. The molecule has 3 aromatic rings. The van der Waals surface area contributed by atoms with Gasteiger partial charge >= 0.3 is 12.0 Å². The number of carbonyl (C=O) groups excluding carboxylic acids is 1. The van der Waals surface area contributed by atoms with Gasteiger partial charge in [-0.1, -0.05) is 43.3 Å². The normalized spacial score (nSPS) is 12.0. The average Bonchev–Trinajstić information content (AvgIpc) is 3.02. The van der Waals surface area contributed by atoms with Crippen LogP contribution in [0, 0.1) is 12.8 Å². The van der Waals surface area contributed by atoms with E-state index in [1.54, 1.807) is 14.0 Å². The first-order valence-electron chi connectivity index (χ1n) is 8.66. The number of pyridine rings is 1. The van der Waals surface area contributed by atoms with Gasteiger partial charge in [-0.2, -0.15) is 0 Å². The number of aromatic nitrogens is 2. The smallest absolute Gasteiger partial charge is 0.322 e. The molecule has 2 heterocycles. The molecular formula is C20H22N4O3. The van der Waals surface area contributed by atoms with Gasteiger partial charge in [-0.3, -0.25) is 14.5 Å². The number of amides is 2. The molecule has 2 aromatic heterocycles. The number of benzene rings is 1. The van der Waals surface area contributed by atoms with Crippen molar-refractivity contribution in [2.24, 2.45) is 5.92 Å². The molecular weight excluding hydrogens is 344 g/mol. The molecule has 27 heavy (non-hydrogen) atoms. The minimum absolute atomic E-state index is 0.109. The number of aryl methyl sites for hydroxylation is 1. The maximum absolute atomic E-state index is 12.7. The van der Waals surface area contributed by atoms with Gasteiger partial charge in [0.1, 0.15) is 17.2 Å². The van der Waals surface area contributed by atoms with Gasteiger partial charge in [0.25, 0.3) is 0 Å². The van der Waals surface area contributed by atoms with Crippen molar-refractivity contribution in [3.05, 3.63) is 54.2 Å². The van der Waals surface area contributed by atoms with Crippen molar-refractivity contribution in [3.63, 3.8) is 0 Å². The molecule has 3 rings (SSSR count). The van der Waals surface area contributed by atoms with Crippen molar-refractivity contribution in [2.75, 3.05) is 18.9 Å². The average molecular weight is 366 g/mol. The molecule has 0 saturated carbocycles. The van der Waals surface area contributed by atoms with Crippen LogP contribution in [0.25, 0.3) is 16.9 Å². The van der Waals surface area contributed by atoms with E-state index in [0.717, 1.165) is 16.8 Å². The van der Waals surface area contributed by atoms with E-state index in [4.69, 9.17) is 10.1 Å². The predicted molar refractivity (Wildman–Crippen MR) is 104 cm³/mol. The molecule has 2 amide bonds. The fraction of sp³-hybridized carbons (Fsp3) is 0.250. The molecule has 1 unspecified atom stereocenters. The highest BCUT2D eigenvalue weighted by molar-refractivity contribution is 5.93. The summed E-state index contributed by atoms with van der Waals surface area (Å²) in [5, 5.41) is 12.0. The molecule has 0 saturated heterocycles. The van der Waals surface area contributed by atoms with Gasteiger partial charge in [-0.15, -0.1) is 0 Å². The number of anilines is 1. The van der Waals surface area contributed by atoms with Crippen LogP contribution in [-0.2, 0) is 4.79 Å². The van der Waals surface area contributed by atoms with Crippen LogP contribution in [0.5, 0.6) is 0 Å². The zero-order chi connectivity index (χ0) is 19.6. The van der Waals surface area contributed by atoms with Crippen LogP contribution >= 0.6 is 0 Å². The lowest BCUT2D eigenvalue weighted by Crippen LogP contribution is -2.37. The molecule has 2 N–H and O–H groups in total. The Morgan fingerprint density at radius 2 is 1.93 bits per heavy atom. The second-order valence-corrected chi connectivity index (χ2v) is 6.61. The number of fused-ring (bicyclic) bond motifs is 1. The van der Waals surface area contributed by atoms with E-state index >= 15 is 0 Å². The van der Waals surface area contributed by atoms with Gasteiger partial charge in [-0.05, 0) is 18.6 Å². The van der Waals surface area contributed by atoms with E-state index in [1.807, 2.05) is 60.0 Å². The summed E-state index contributed by atoms with van der Waals surface area (Å²) in [6.45, 7) is 3.64. The number of carboxylic acid groups (broad SMARTS) is 1. The summed E-state index contributed by atoms with van der Waals surface area (Å²) >= 11 is 0.